The molecule has 1 fully saturated rings. The van der Waals surface area contributed by atoms with Gasteiger partial charge in [-0.05, 0) is 5.57 Å². The molecule has 0 bridgehead atoms. The van der Waals surface area contributed by atoms with Crippen LogP contribution in [-0.4, -0.2) is 89.9 Å². The third-order valence-electron chi connectivity index (χ3n) is 4.56. The largest absolute Gasteiger partial charge is 0.477 e. The fraction of sp³-hybridized carbons (Fsp3) is 0.353. The molecule has 0 aromatic carbocycles. The number of carbonyl (C=O) groups is 3. The number of oxime groups is 1. The second-order valence-electron chi connectivity index (χ2n) is 6.68. The van der Waals surface area contributed by atoms with Crippen LogP contribution in [0.2, 0.25) is 0 Å². The number of nitrogens with zero attached hydrogens (tertiary/aromatic N) is 5. The summed E-state index contributed by atoms with van der Waals surface area (Å²) < 4.78 is 0.697. The standard InChI is InChI=1S/C17H17N7O6S4.ClH/c18-16-20-8(5-32-16)9(23-30-2-1-25)12(26)21-10-13(27)24-11(15(28)29)7(3-31-14(10)24)4-33-17-22-19-6-34-17;/h5-6,10,14,25H,1-4H2,(H2,18,20)(H,21,26)(H,28,29);1H/t10?,14-;/m0./s1. The fourth-order valence-corrected chi connectivity index (χ4v) is 6.65. The Hall–Kier alpha value is -2.44. The fourth-order valence-electron chi connectivity index (χ4n) is 3.13. The van der Waals surface area contributed by atoms with Crippen molar-refractivity contribution >= 4 is 87.2 Å². The molecule has 18 heteroatoms. The van der Waals surface area contributed by atoms with Crippen LogP contribution in [-0.2, 0) is 19.2 Å². The molecule has 1 unspecified atom stereocenters. The minimum atomic E-state index is -1.21. The molecule has 0 saturated carbocycles. The van der Waals surface area contributed by atoms with Gasteiger partial charge in [0.1, 0.15) is 34.9 Å². The lowest BCUT2D eigenvalue weighted by Crippen LogP contribution is -2.71. The number of aromatic nitrogens is 3. The average molecular weight is 580 g/mol. The van der Waals surface area contributed by atoms with E-state index >= 15 is 0 Å². The summed E-state index contributed by atoms with van der Waals surface area (Å²) in [5, 5.41) is 33.8. The molecule has 4 rings (SSSR count). The van der Waals surface area contributed by atoms with Crippen molar-refractivity contribution in [3.8, 4) is 0 Å². The second-order valence-corrected chi connectivity index (χ2v) is 10.7. The molecule has 2 amide bonds. The van der Waals surface area contributed by atoms with Crippen LogP contribution in [0.3, 0.4) is 0 Å². The number of aliphatic hydroxyl groups is 1. The number of nitrogens with one attached hydrogen (secondary N) is 1. The molecule has 0 spiro atoms. The number of thiazole rings is 1. The number of hydrogen-bond acceptors (Lipinski definition) is 14. The predicted molar refractivity (Wildman–Crippen MR) is 134 cm³/mol. The first kappa shape index (κ1) is 27.2. The van der Waals surface area contributed by atoms with E-state index in [1.54, 1.807) is 5.51 Å². The van der Waals surface area contributed by atoms with Gasteiger partial charge in [0.15, 0.2) is 15.2 Å². The van der Waals surface area contributed by atoms with Crippen LogP contribution in [0.15, 0.2) is 31.7 Å². The molecule has 13 nitrogen and oxygen atoms in total. The van der Waals surface area contributed by atoms with Gasteiger partial charge in [0.05, 0.1) is 6.61 Å². The van der Waals surface area contributed by atoms with Gasteiger partial charge in [-0.25, -0.2) is 9.78 Å². The first-order valence-corrected chi connectivity index (χ1v) is 13.3. The number of β-lactam (4-membered cyclic amide) rings is 1. The minimum absolute atomic E-state index is 0. The summed E-state index contributed by atoms with van der Waals surface area (Å²) in [7, 11) is 0. The summed E-state index contributed by atoms with van der Waals surface area (Å²) in [4.78, 5) is 47.9. The number of aliphatic hydroxyl groups excluding tert-OH is 1. The number of carboxylic acid groups (broad SMARTS) is 1. The molecule has 35 heavy (non-hydrogen) atoms. The van der Waals surface area contributed by atoms with E-state index in [0.717, 1.165) is 11.3 Å². The molecular formula is C17H18ClN7O6S4. The number of hydrogen-bond donors (Lipinski definition) is 4. The van der Waals surface area contributed by atoms with Gasteiger partial charge in [-0.15, -0.1) is 45.7 Å². The van der Waals surface area contributed by atoms with E-state index in [1.165, 1.54) is 45.1 Å². The van der Waals surface area contributed by atoms with E-state index in [4.69, 9.17) is 15.7 Å². The summed E-state index contributed by atoms with van der Waals surface area (Å²) in [6.07, 6.45) is 0. The van der Waals surface area contributed by atoms with Gasteiger partial charge in [-0.3, -0.25) is 14.5 Å². The Balaban J connectivity index is 0.00000342. The maximum absolute atomic E-state index is 12.9. The number of rotatable bonds is 10. The molecule has 0 aliphatic carbocycles. The third-order valence-corrected chi connectivity index (χ3v) is 8.52. The topological polar surface area (TPSA) is 193 Å². The van der Waals surface area contributed by atoms with Crippen molar-refractivity contribution in [1.82, 2.24) is 25.4 Å². The van der Waals surface area contributed by atoms with Gasteiger partial charge in [-0.2, -0.15) is 0 Å². The number of halogens is 1. The molecule has 188 valence electrons. The van der Waals surface area contributed by atoms with Crippen molar-refractivity contribution in [3.63, 3.8) is 0 Å². The third kappa shape index (κ3) is 5.87. The number of carboxylic acids is 1. The number of nitrogens with two attached hydrogens (primary N) is 1. The van der Waals surface area contributed by atoms with E-state index in [9.17, 15) is 19.5 Å². The van der Waals surface area contributed by atoms with Gasteiger partial charge < -0.3 is 26.1 Å². The van der Waals surface area contributed by atoms with Crippen molar-refractivity contribution in [2.45, 2.75) is 15.8 Å². The average Bonchev–Trinajstić information content (AvgIpc) is 3.49. The normalized spacial score (nSPS) is 19.5. The zero-order valence-corrected chi connectivity index (χ0v) is 21.6. The van der Waals surface area contributed by atoms with Crippen LogP contribution < -0.4 is 11.1 Å². The quantitative estimate of drug-likeness (QED) is 0.0986. The van der Waals surface area contributed by atoms with Crippen molar-refractivity contribution < 1.29 is 29.4 Å². The lowest BCUT2D eigenvalue weighted by molar-refractivity contribution is -0.150. The molecule has 1 saturated heterocycles. The highest BCUT2D eigenvalue weighted by Crippen LogP contribution is 2.41. The van der Waals surface area contributed by atoms with Crippen LogP contribution in [0.1, 0.15) is 5.69 Å². The Kier molecular flexibility index (Phi) is 9.31. The molecular weight excluding hydrogens is 562 g/mol. The maximum Gasteiger partial charge on any atom is 0.352 e. The van der Waals surface area contributed by atoms with Crippen LogP contribution in [0, 0.1) is 0 Å². The van der Waals surface area contributed by atoms with Crippen molar-refractivity contribution in [2.75, 3.05) is 30.5 Å². The smallest absolute Gasteiger partial charge is 0.352 e. The SMILES string of the molecule is Cl.Nc1nc(C(=NOCCO)C(=O)NC2C(=O)N3C(C(=O)O)=C(CSc4nncs4)CS[C@@H]23)cs1. The summed E-state index contributed by atoms with van der Waals surface area (Å²) in [5.41, 5.74) is 7.67. The highest BCUT2D eigenvalue weighted by atomic mass is 35.5. The number of nitrogen functional groups attached to an aromatic ring is 1. The minimum Gasteiger partial charge on any atom is -0.477 e. The molecule has 2 atom stereocenters. The monoisotopic (exact) mass is 579 g/mol. The maximum atomic E-state index is 12.9. The second kappa shape index (κ2) is 12.0. The van der Waals surface area contributed by atoms with Gasteiger partial charge in [0.2, 0.25) is 0 Å². The summed E-state index contributed by atoms with van der Waals surface area (Å²) >= 11 is 5.14. The lowest BCUT2D eigenvalue weighted by atomic mass is 10.0. The Morgan fingerprint density at radius 1 is 1.40 bits per heavy atom. The van der Waals surface area contributed by atoms with Crippen LogP contribution in [0.25, 0.3) is 0 Å². The Labute approximate surface area is 220 Å². The number of fused-ring (bicyclic) bond motifs is 1. The Morgan fingerprint density at radius 2 is 2.20 bits per heavy atom. The zero-order valence-electron chi connectivity index (χ0n) is 17.5. The Bertz CT molecular complexity index is 1160. The molecule has 0 radical (unpaired) electrons. The molecule has 2 aliphatic heterocycles. The molecule has 2 aliphatic rings. The molecule has 2 aromatic heterocycles. The molecule has 5 N–H and O–H groups in total. The number of amides is 2. The van der Waals surface area contributed by atoms with Crippen LogP contribution in [0.5, 0.6) is 0 Å². The predicted octanol–water partition coefficient (Wildman–Crippen LogP) is 0.242. The van der Waals surface area contributed by atoms with E-state index < -0.39 is 29.2 Å². The van der Waals surface area contributed by atoms with Crippen molar-refractivity contribution in [3.05, 3.63) is 27.9 Å². The summed E-state index contributed by atoms with van der Waals surface area (Å²) in [5.74, 6) is -1.78. The first-order chi connectivity index (χ1) is 16.4. The highest BCUT2D eigenvalue weighted by molar-refractivity contribution is 8.01. The van der Waals surface area contributed by atoms with Gasteiger partial charge in [0.25, 0.3) is 11.8 Å². The number of aliphatic carboxylic acids is 1. The Morgan fingerprint density at radius 3 is 2.83 bits per heavy atom. The zero-order chi connectivity index (χ0) is 24.2. The number of thioether (sulfide) groups is 2. The van der Waals surface area contributed by atoms with Crippen molar-refractivity contribution in [2.24, 2.45) is 5.16 Å². The number of anilines is 1. The van der Waals surface area contributed by atoms with E-state index in [2.05, 4.69) is 25.7 Å². The van der Waals surface area contributed by atoms with E-state index in [-0.39, 0.29) is 47.9 Å². The van der Waals surface area contributed by atoms with Gasteiger partial charge >= 0.3 is 5.97 Å². The number of carbonyl (C=O) groups excluding carboxylic acids is 2. The summed E-state index contributed by atoms with van der Waals surface area (Å²) in [6, 6.07) is -0.955. The van der Waals surface area contributed by atoms with Gasteiger partial charge in [0, 0.05) is 16.9 Å². The lowest BCUT2D eigenvalue weighted by Gasteiger charge is -2.49. The van der Waals surface area contributed by atoms with Crippen LogP contribution >= 0.6 is 58.6 Å². The van der Waals surface area contributed by atoms with E-state index in [0.29, 0.717) is 21.4 Å². The van der Waals surface area contributed by atoms with Crippen LogP contribution in [0.4, 0.5) is 5.13 Å². The molecule has 4 heterocycles. The van der Waals surface area contributed by atoms with Crippen molar-refractivity contribution in [1.29, 1.82) is 0 Å². The molecule has 2 aromatic rings. The first-order valence-electron chi connectivity index (χ1n) is 9.52. The van der Waals surface area contributed by atoms with E-state index in [1.807, 2.05) is 0 Å². The van der Waals surface area contributed by atoms with Gasteiger partial charge in [-0.1, -0.05) is 28.3 Å². The highest BCUT2D eigenvalue weighted by Gasteiger charge is 2.54. The summed E-state index contributed by atoms with van der Waals surface area (Å²) in [6.45, 7) is -0.452.